The fourth-order valence-corrected chi connectivity index (χ4v) is 14.2. The Morgan fingerprint density at radius 2 is 1.68 bits per heavy atom. The molecule has 436 valence electrons. The number of hydrazine groups is 1. The molecule has 5 aromatic rings. The molecule has 2 saturated heterocycles. The van der Waals surface area contributed by atoms with Gasteiger partial charge in [0.25, 0.3) is 0 Å². The minimum absolute atomic E-state index is 0.128. The van der Waals surface area contributed by atoms with Gasteiger partial charge in [0.15, 0.2) is 0 Å². The molecule has 11 heteroatoms. The van der Waals surface area contributed by atoms with E-state index >= 15 is 0 Å². The monoisotopic (exact) mass is 1110 g/mol. The lowest BCUT2D eigenvalue weighted by Gasteiger charge is -2.33. The largest absolute Gasteiger partial charge is 0.401 e. The van der Waals surface area contributed by atoms with Crippen molar-refractivity contribution in [3.05, 3.63) is 145 Å². The topological polar surface area (TPSA) is 103 Å². The van der Waals surface area contributed by atoms with Crippen molar-refractivity contribution in [3.8, 4) is 22.4 Å². The van der Waals surface area contributed by atoms with Gasteiger partial charge in [0.1, 0.15) is 6.67 Å². The third-order valence-corrected chi connectivity index (χ3v) is 18.5. The number of aryl methyl sites for hydroxylation is 3. The van der Waals surface area contributed by atoms with E-state index in [0.717, 1.165) is 128 Å². The number of halogens is 1. The number of rotatable bonds is 28. The molecular weight excluding hydrogens is 1010 g/mol. The molecule has 2 aromatic heterocycles. The minimum atomic E-state index is -0.459. The van der Waals surface area contributed by atoms with Crippen molar-refractivity contribution in [3.63, 3.8) is 0 Å². The van der Waals surface area contributed by atoms with Crippen LogP contribution >= 0.6 is 11.9 Å². The standard InChI is InChI=1S/C39H54FN5.C16H31N3.C14H17NS/c1-7-19-39(5,6)26-35-34-25-31(17-18-36(34)45(9-3)38(35)33-16-14-20-42-37(33)28(4)41)32-23-29(22-30(24-32)27-40)15-12-10-11-13-21-44-43-8-2;1-4-18(3)11-14-9-10-19(12-14)16(13(2)17)15-7-5-6-8-15;1-3-13-14(11-6-7-11)15(13)16-12-8-4-10(2)5-9-12/h8,14,16-18,20,22-25,28,43-44H,2,7,9-13,15,19,21,26-27,41H2,1,3-6H3;14-16H,2,4-12,17H2,1,3H3;3-5,8-9,11,13-14H,1,6-7H2,2H3. The summed E-state index contributed by atoms with van der Waals surface area (Å²) in [5.74, 6) is 2.52. The van der Waals surface area contributed by atoms with Crippen LogP contribution in [0.4, 0.5) is 4.39 Å². The molecule has 9 nitrogen and oxygen atoms in total. The van der Waals surface area contributed by atoms with Crippen LogP contribution in [0.25, 0.3) is 33.3 Å². The molecule has 2 saturated carbocycles. The quantitative estimate of drug-likeness (QED) is 0.0128. The first-order valence-corrected chi connectivity index (χ1v) is 31.6. The summed E-state index contributed by atoms with van der Waals surface area (Å²) in [5.41, 5.74) is 31.0. The van der Waals surface area contributed by atoms with Gasteiger partial charge in [0, 0.05) is 77.7 Å². The van der Waals surface area contributed by atoms with E-state index in [4.69, 9.17) is 16.5 Å². The zero-order chi connectivity index (χ0) is 57.3. The third-order valence-electron chi connectivity index (χ3n) is 17.3. The van der Waals surface area contributed by atoms with Crippen molar-refractivity contribution >= 4 is 22.9 Å². The molecule has 2 aliphatic heterocycles. The summed E-state index contributed by atoms with van der Waals surface area (Å²) in [4.78, 5) is 11.1. The number of benzene rings is 3. The van der Waals surface area contributed by atoms with Gasteiger partial charge < -0.3 is 26.4 Å². The van der Waals surface area contributed by atoms with E-state index in [1.54, 1.807) is 6.20 Å². The number of hydrogen-bond acceptors (Lipinski definition) is 9. The highest BCUT2D eigenvalue weighted by Crippen LogP contribution is 2.52. The van der Waals surface area contributed by atoms with Gasteiger partial charge in [0.05, 0.1) is 23.5 Å². The fraction of sp³-hybridized carbons (Fsp3) is 0.551. The predicted molar refractivity (Wildman–Crippen MR) is 341 cm³/mol. The number of aromatic nitrogens is 2. The minimum Gasteiger partial charge on any atom is -0.401 e. The van der Waals surface area contributed by atoms with Crippen molar-refractivity contribution in [1.29, 1.82) is 0 Å². The van der Waals surface area contributed by atoms with Gasteiger partial charge in [-0.15, -0.1) is 6.58 Å². The Morgan fingerprint density at radius 3 is 2.33 bits per heavy atom. The Morgan fingerprint density at radius 1 is 0.938 bits per heavy atom. The lowest BCUT2D eigenvalue weighted by molar-refractivity contribution is 0.190. The normalized spacial score (nSPS) is 20.0. The molecule has 6 unspecified atom stereocenters. The number of nitrogens with zero attached hydrogens (tertiary/aromatic N) is 5. The Bertz CT molecular complexity index is 2740. The molecule has 0 spiro atoms. The van der Waals surface area contributed by atoms with Gasteiger partial charge >= 0.3 is 0 Å². The highest BCUT2D eigenvalue weighted by molar-refractivity contribution is 7.97. The molecule has 4 heterocycles. The Balaban J connectivity index is 0.000000213. The predicted octanol–water partition coefficient (Wildman–Crippen LogP) is 15.5. The van der Waals surface area contributed by atoms with Gasteiger partial charge in [0.2, 0.25) is 0 Å². The highest BCUT2D eigenvalue weighted by Gasteiger charge is 2.54. The molecule has 6 N–H and O–H groups in total. The average molecular weight is 1110 g/mol. The number of pyridine rings is 1. The van der Waals surface area contributed by atoms with Crippen LogP contribution in [0.1, 0.15) is 159 Å². The zero-order valence-electron chi connectivity index (χ0n) is 50.6. The summed E-state index contributed by atoms with van der Waals surface area (Å²) >= 11 is 1.89. The molecule has 4 aliphatic rings. The van der Waals surface area contributed by atoms with E-state index < -0.39 is 6.67 Å². The zero-order valence-corrected chi connectivity index (χ0v) is 51.4. The van der Waals surface area contributed by atoms with Crippen LogP contribution in [0.15, 0.2) is 122 Å². The van der Waals surface area contributed by atoms with E-state index in [-0.39, 0.29) is 11.5 Å². The van der Waals surface area contributed by atoms with E-state index in [0.29, 0.717) is 12.1 Å². The molecule has 3 aromatic carbocycles. The van der Waals surface area contributed by atoms with Crippen LogP contribution in [-0.2, 0) is 26.1 Å². The number of fused-ring (bicyclic) bond motifs is 1. The first kappa shape index (κ1) is 62.8. The molecule has 0 bridgehead atoms. The van der Waals surface area contributed by atoms with Crippen molar-refractivity contribution < 1.29 is 4.39 Å². The number of hydrogen-bond donors (Lipinski definition) is 4. The van der Waals surface area contributed by atoms with E-state index in [1.807, 2.05) is 43.3 Å². The summed E-state index contributed by atoms with van der Waals surface area (Å²) in [6, 6.07) is 27.8. The first-order chi connectivity index (χ1) is 38.6. The molecule has 80 heavy (non-hydrogen) atoms. The first-order valence-electron chi connectivity index (χ1n) is 30.8. The van der Waals surface area contributed by atoms with Crippen molar-refractivity contribution in [2.45, 2.75) is 187 Å². The second-order valence-electron chi connectivity index (χ2n) is 24.6. The van der Waals surface area contributed by atoms with Crippen molar-refractivity contribution in [1.82, 2.24) is 34.5 Å². The lowest BCUT2D eigenvalue weighted by Crippen LogP contribution is -2.42. The molecule has 2 aliphatic carbocycles. The van der Waals surface area contributed by atoms with E-state index in [1.165, 1.54) is 103 Å². The Labute approximate surface area is 487 Å². The number of alkyl halides is 1. The summed E-state index contributed by atoms with van der Waals surface area (Å²) < 4.78 is 19.1. The van der Waals surface area contributed by atoms with Gasteiger partial charge in [-0.2, -0.15) is 0 Å². The third kappa shape index (κ3) is 17.2. The highest BCUT2D eigenvalue weighted by atomic mass is 32.2. The van der Waals surface area contributed by atoms with Crippen molar-refractivity contribution in [2.75, 3.05) is 39.8 Å². The van der Waals surface area contributed by atoms with Crippen LogP contribution in [-0.4, -0.2) is 81.6 Å². The molecular formula is C69H102FN9S. The van der Waals surface area contributed by atoms with Crippen LogP contribution in [0, 0.1) is 30.1 Å². The van der Waals surface area contributed by atoms with Gasteiger partial charge in [-0.1, -0.05) is 115 Å². The smallest absolute Gasteiger partial charge is 0.115 e. The maximum Gasteiger partial charge on any atom is 0.115 e. The van der Waals surface area contributed by atoms with Crippen LogP contribution in [0.3, 0.4) is 0 Å². The van der Waals surface area contributed by atoms with Gasteiger partial charge in [-0.25, -0.2) is 14.1 Å². The van der Waals surface area contributed by atoms with E-state index in [2.05, 4.69) is 159 Å². The van der Waals surface area contributed by atoms with Gasteiger partial charge in [-0.3, -0.25) is 9.88 Å². The lowest BCUT2D eigenvalue weighted by atomic mass is 9.80. The van der Waals surface area contributed by atoms with Crippen LogP contribution in [0.5, 0.6) is 0 Å². The van der Waals surface area contributed by atoms with E-state index in [9.17, 15) is 4.39 Å². The number of likely N-dealkylation sites (tertiary alicyclic amines) is 1. The maximum absolute atomic E-state index is 14.1. The molecule has 9 rings (SSSR count). The molecule has 6 atom stereocenters. The molecule has 4 fully saturated rings. The summed E-state index contributed by atoms with van der Waals surface area (Å²) in [5, 5.41) is 1.26. The second kappa shape index (κ2) is 30.5. The van der Waals surface area contributed by atoms with Crippen LogP contribution < -0.4 is 22.3 Å². The average Bonchev–Trinajstić information content (AvgIpc) is 4.30. The van der Waals surface area contributed by atoms with Crippen molar-refractivity contribution in [2.24, 2.45) is 34.6 Å². The molecule has 0 amide bonds. The summed E-state index contributed by atoms with van der Waals surface area (Å²) in [6.07, 6.45) is 23.9. The SMILES string of the molecule is C=C(N)C(C1CCCC1)N1CCC(CN(C)CC)C1.C=CC1C(C2CC2)N1Sc1ccc(C)cc1.C=CNNCCCCCCc1cc(CF)cc(-c2ccc3c(c2)c(CC(C)(C)CCC)c(-c2cccnc2C(C)N)n3CC)c1. The second-order valence-corrected chi connectivity index (χ2v) is 25.7. The fourth-order valence-electron chi connectivity index (χ4n) is 13.0. The van der Waals surface area contributed by atoms with Gasteiger partial charge in [-0.05, 0) is 211 Å². The Kier molecular flexibility index (Phi) is 24.0. The van der Waals surface area contributed by atoms with Crippen LogP contribution in [0.2, 0.25) is 0 Å². The number of nitrogens with one attached hydrogen (secondary N) is 2. The maximum atomic E-state index is 14.1. The molecule has 0 radical (unpaired) electrons. The summed E-state index contributed by atoms with van der Waals surface area (Å²) in [7, 11) is 2.22. The Hall–Kier alpha value is -4.75. The summed E-state index contributed by atoms with van der Waals surface area (Å²) in [6.45, 7) is 33.3. The number of nitrogens with two attached hydrogens (primary N) is 2. The number of unbranched alkanes of at least 4 members (excludes halogenated alkanes) is 3.